The normalized spacial score (nSPS) is 10.6. The van der Waals surface area contributed by atoms with Gasteiger partial charge in [0.1, 0.15) is 5.82 Å². The largest absolute Gasteiger partial charge is 0.330 e. The summed E-state index contributed by atoms with van der Waals surface area (Å²) in [7, 11) is 0. The summed E-state index contributed by atoms with van der Waals surface area (Å²) in [6, 6.07) is 24.4. The molecule has 7 heteroatoms. The van der Waals surface area contributed by atoms with Crippen molar-refractivity contribution in [2.75, 3.05) is 5.32 Å². The van der Waals surface area contributed by atoms with Gasteiger partial charge in [0.15, 0.2) is 0 Å². The number of thiophene rings is 1. The number of benzene rings is 3. The molecule has 3 N–H and O–H groups in total. The predicted molar refractivity (Wildman–Crippen MR) is 133 cm³/mol. The van der Waals surface area contributed by atoms with Crippen LogP contribution in [0.15, 0.2) is 90.3 Å². The lowest BCUT2D eigenvalue weighted by atomic mass is 10.1. The lowest BCUT2D eigenvalue weighted by molar-refractivity contribution is 0.0729. The second kappa shape index (κ2) is 10.9. The van der Waals surface area contributed by atoms with E-state index in [9.17, 15) is 14.0 Å². The SMILES string of the molecule is NCc1cccc(CN(Cc2ccc(NC(=O)c3cccs3)cc2)C(=O)c2cccc(F)c2)c1. The van der Waals surface area contributed by atoms with Gasteiger partial charge in [-0.15, -0.1) is 11.3 Å². The Kier molecular flexibility index (Phi) is 7.47. The number of nitrogens with one attached hydrogen (secondary N) is 1. The molecular weight excluding hydrogens is 449 g/mol. The zero-order chi connectivity index (χ0) is 23.9. The summed E-state index contributed by atoms with van der Waals surface area (Å²) in [4.78, 5) is 27.9. The van der Waals surface area contributed by atoms with Gasteiger partial charge in [-0.1, -0.05) is 48.5 Å². The second-order valence-corrected chi connectivity index (χ2v) is 8.77. The smallest absolute Gasteiger partial charge is 0.265 e. The molecule has 0 saturated carbocycles. The van der Waals surface area contributed by atoms with Crippen molar-refractivity contribution in [3.8, 4) is 0 Å². The maximum Gasteiger partial charge on any atom is 0.265 e. The van der Waals surface area contributed by atoms with E-state index in [0.29, 0.717) is 30.2 Å². The molecule has 2 amide bonds. The first kappa shape index (κ1) is 23.4. The van der Waals surface area contributed by atoms with Gasteiger partial charge in [-0.05, 0) is 58.5 Å². The van der Waals surface area contributed by atoms with Crippen LogP contribution in [0.2, 0.25) is 0 Å². The van der Waals surface area contributed by atoms with E-state index in [0.717, 1.165) is 16.7 Å². The number of carbonyl (C=O) groups is 2. The fourth-order valence-electron chi connectivity index (χ4n) is 3.59. The number of nitrogens with two attached hydrogens (primary N) is 1. The molecule has 0 unspecified atom stereocenters. The number of hydrogen-bond acceptors (Lipinski definition) is 4. The van der Waals surface area contributed by atoms with Gasteiger partial charge < -0.3 is 16.0 Å². The number of halogens is 1. The van der Waals surface area contributed by atoms with E-state index in [-0.39, 0.29) is 17.4 Å². The molecule has 5 nitrogen and oxygen atoms in total. The first-order valence-electron chi connectivity index (χ1n) is 10.8. The number of carbonyl (C=O) groups excluding carboxylic acids is 2. The molecule has 4 aromatic rings. The van der Waals surface area contributed by atoms with Gasteiger partial charge in [0.05, 0.1) is 4.88 Å². The topological polar surface area (TPSA) is 75.4 Å². The minimum Gasteiger partial charge on any atom is -0.330 e. The van der Waals surface area contributed by atoms with E-state index in [1.165, 1.54) is 29.5 Å². The van der Waals surface area contributed by atoms with Gasteiger partial charge in [-0.25, -0.2) is 4.39 Å². The Morgan fingerprint density at radius 2 is 1.59 bits per heavy atom. The third-order valence-electron chi connectivity index (χ3n) is 5.29. The van der Waals surface area contributed by atoms with Crippen molar-refractivity contribution in [2.45, 2.75) is 19.6 Å². The summed E-state index contributed by atoms with van der Waals surface area (Å²) in [5.74, 6) is -0.889. The molecule has 4 rings (SSSR count). The molecule has 0 aliphatic heterocycles. The molecule has 172 valence electrons. The molecule has 0 spiro atoms. The monoisotopic (exact) mass is 473 g/mol. The molecule has 0 bridgehead atoms. The summed E-state index contributed by atoms with van der Waals surface area (Å²) >= 11 is 1.38. The van der Waals surface area contributed by atoms with Crippen molar-refractivity contribution in [1.29, 1.82) is 0 Å². The first-order chi connectivity index (χ1) is 16.5. The molecule has 0 saturated heterocycles. The minimum atomic E-state index is -0.457. The maximum atomic E-state index is 13.8. The van der Waals surface area contributed by atoms with Crippen molar-refractivity contribution >= 4 is 28.8 Å². The van der Waals surface area contributed by atoms with Crippen molar-refractivity contribution in [3.63, 3.8) is 0 Å². The van der Waals surface area contributed by atoms with Crippen LogP contribution < -0.4 is 11.1 Å². The van der Waals surface area contributed by atoms with Gasteiger partial charge in [-0.3, -0.25) is 9.59 Å². The highest BCUT2D eigenvalue weighted by atomic mass is 32.1. The molecule has 0 aliphatic carbocycles. The summed E-state index contributed by atoms with van der Waals surface area (Å²) in [5.41, 5.74) is 9.52. The highest BCUT2D eigenvalue weighted by molar-refractivity contribution is 7.12. The van der Waals surface area contributed by atoms with Crippen LogP contribution in [0.3, 0.4) is 0 Å². The number of amides is 2. The summed E-state index contributed by atoms with van der Waals surface area (Å²) in [6.45, 7) is 1.08. The minimum absolute atomic E-state index is 0.162. The first-order valence-corrected chi connectivity index (χ1v) is 11.7. The van der Waals surface area contributed by atoms with Gasteiger partial charge in [0, 0.05) is 30.9 Å². The van der Waals surface area contributed by atoms with Crippen LogP contribution in [0.4, 0.5) is 10.1 Å². The molecule has 0 fully saturated rings. The second-order valence-electron chi connectivity index (χ2n) is 7.82. The third-order valence-corrected chi connectivity index (χ3v) is 6.16. The standard InChI is InChI=1S/C27H24FN3O2S/c28-23-7-2-6-22(15-23)27(33)31(18-21-5-1-4-20(14-21)16-29)17-19-9-11-24(12-10-19)30-26(32)25-8-3-13-34-25/h1-15H,16-18,29H2,(H,30,32). The van der Waals surface area contributed by atoms with E-state index in [2.05, 4.69) is 5.32 Å². The van der Waals surface area contributed by atoms with E-state index >= 15 is 0 Å². The number of rotatable bonds is 8. The predicted octanol–water partition coefficient (Wildman–Crippen LogP) is 5.44. The van der Waals surface area contributed by atoms with Gasteiger partial charge in [0.2, 0.25) is 0 Å². The Morgan fingerprint density at radius 3 is 2.29 bits per heavy atom. The van der Waals surface area contributed by atoms with E-state index < -0.39 is 5.82 Å². The van der Waals surface area contributed by atoms with Crippen molar-refractivity contribution in [1.82, 2.24) is 4.90 Å². The Hall–Kier alpha value is -3.81. The van der Waals surface area contributed by atoms with Crippen LogP contribution in [-0.4, -0.2) is 16.7 Å². The van der Waals surface area contributed by atoms with Crippen LogP contribution >= 0.6 is 11.3 Å². The molecule has 34 heavy (non-hydrogen) atoms. The Balaban J connectivity index is 1.53. The molecule has 1 aromatic heterocycles. The van der Waals surface area contributed by atoms with Crippen LogP contribution in [0.25, 0.3) is 0 Å². The quantitative estimate of drug-likeness (QED) is 0.358. The van der Waals surface area contributed by atoms with Crippen molar-refractivity contribution in [3.05, 3.63) is 123 Å². The highest BCUT2D eigenvalue weighted by Crippen LogP contribution is 2.19. The molecule has 0 atom stereocenters. The van der Waals surface area contributed by atoms with Crippen molar-refractivity contribution < 1.29 is 14.0 Å². The molecule has 0 radical (unpaired) electrons. The summed E-state index contributed by atoms with van der Waals surface area (Å²) < 4.78 is 13.8. The fourth-order valence-corrected chi connectivity index (χ4v) is 4.21. The van der Waals surface area contributed by atoms with E-state index in [1.807, 2.05) is 47.8 Å². The molecule has 1 heterocycles. The molecule has 0 aliphatic rings. The fraction of sp³-hybridized carbons (Fsp3) is 0.111. The Bertz CT molecular complexity index is 1270. The zero-order valence-electron chi connectivity index (χ0n) is 18.4. The summed E-state index contributed by atoms with van der Waals surface area (Å²) in [6.07, 6.45) is 0. The number of nitrogens with zero attached hydrogens (tertiary/aromatic N) is 1. The van der Waals surface area contributed by atoms with Gasteiger partial charge in [0.25, 0.3) is 11.8 Å². The van der Waals surface area contributed by atoms with Gasteiger partial charge in [-0.2, -0.15) is 0 Å². The van der Waals surface area contributed by atoms with Crippen molar-refractivity contribution in [2.24, 2.45) is 5.73 Å². The third kappa shape index (κ3) is 5.95. The average molecular weight is 474 g/mol. The van der Waals surface area contributed by atoms with Crippen LogP contribution in [0.5, 0.6) is 0 Å². The van der Waals surface area contributed by atoms with Crippen LogP contribution in [-0.2, 0) is 19.6 Å². The summed E-state index contributed by atoms with van der Waals surface area (Å²) in [5, 5.41) is 4.72. The van der Waals surface area contributed by atoms with E-state index in [4.69, 9.17) is 5.73 Å². The number of hydrogen-bond donors (Lipinski definition) is 2. The number of anilines is 1. The lowest BCUT2D eigenvalue weighted by Gasteiger charge is -2.24. The molecule has 3 aromatic carbocycles. The Morgan fingerprint density at radius 1 is 0.853 bits per heavy atom. The van der Waals surface area contributed by atoms with E-state index in [1.54, 1.807) is 29.2 Å². The van der Waals surface area contributed by atoms with Gasteiger partial charge >= 0.3 is 0 Å². The molecular formula is C27H24FN3O2S. The van der Waals surface area contributed by atoms with Crippen LogP contribution in [0, 0.1) is 5.82 Å². The zero-order valence-corrected chi connectivity index (χ0v) is 19.2. The van der Waals surface area contributed by atoms with Crippen LogP contribution in [0.1, 0.15) is 36.7 Å². The Labute approximate surface area is 201 Å². The lowest BCUT2D eigenvalue weighted by Crippen LogP contribution is -2.30. The maximum absolute atomic E-state index is 13.8. The average Bonchev–Trinajstić information content (AvgIpc) is 3.40. The highest BCUT2D eigenvalue weighted by Gasteiger charge is 2.18.